The average Bonchev–Trinajstić information content (AvgIpc) is 2.49. The number of hydrogen-bond donors (Lipinski definition) is 1. The van der Waals surface area contributed by atoms with Gasteiger partial charge in [-0.3, -0.25) is 4.79 Å². The topological polar surface area (TPSA) is 46.3 Å². The molecule has 0 fully saturated rings. The van der Waals surface area contributed by atoms with Crippen LogP contribution < -0.4 is 5.73 Å². The zero-order valence-corrected chi connectivity index (χ0v) is 13.1. The minimum atomic E-state index is -0.0793. The summed E-state index contributed by atoms with van der Waals surface area (Å²) in [6.07, 6.45) is 0. The summed E-state index contributed by atoms with van der Waals surface area (Å²) in [6, 6.07) is 14.4. The van der Waals surface area contributed by atoms with E-state index in [0.29, 0.717) is 22.1 Å². The van der Waals surface area contributed by atoms with Crippen molar-refractivity contribution >= 4 is 34.7 Å². The molecule has 5 heteroatoms. The van der Waals surface area contributed by atoms with Crippen molar-refractivity contribution in [1.82, 2.24) is 4.90 Å². The lowest BCUT2D eigenvalue weighted by atomic mass is 10.1. The fraction of sp³-hybridized carbons (Fsp3) is 0.125. The van der Waals surface area contributed by atoms with Crippen molar-refractivity contribution < 1.29 is 4.79 Å². The van der Waals surface area contributed by atoms with E-state index >= 15 is 0 Å². The van der Waals surface area contributed by atoms with Crippen LogP contribution in [0.15, 0.2) is 48.5 Å². The zero-order chi connectivity index (χ0) is 15.4. The number of carbonyl (C=O) groups excluding carboxylic acids is 1. The van der Waals surface area contributed by atoms with Crippen LogP contribution in [0, 0.1) is 0 Å². The Hall–Kier alpha value is -1.91. The fourth-order valence-corrected chi connectivity index (χ4v) is 2.28. The van der Waals surface area contributed by atoms with Crippen LogP contribution in [-0.4, -0.2) is 22.8 Å². The molecule has 0 spiro atoms. The predicted molar refractivity (Wildman–Crippen MR) is 89.6 cm³/mol. The fourth-order valence-electron chi connectivity index (χ4n) is 1.95. The minimum Gasteiger partial charge on any atom is -0.389 e. The first-order chi connectivity index (χ1) is 9.99. The summed E-state index contributed by atoms with van der Waals surface area (Å²) in [4.78, 5) is 14.3. The number of hydrogen-bond acceptors (Lipinski definition) is 2. The van der Waals surface area contributed by atoms with Crippen LogP contribution in [0.1, 0.15) is 21.5 Å². The summed E-state index contributed by atoms with van der Waals surface area (Å²) in [5.41, 5.74) is 7.79. The molecule has 0 aromatic heterocycles. The maximum atomic E-state index is 12.4. The number of nitrogens with zero attached hydrogens (tertiary/aromatic N) is 1. The van der Waals surface area contributed by atoms with Crippen molar-refractivity contribution in [2.75, 3.05) is 7.05 Å². The third-order valence-electron chi connectivity index (χ3n) is 3.13. The molecule has 108 valence electrons. The van der Waals surface area contributed by atoms with Crippen molar-refractivity contribution in [2.24, 2.45) is 5.73 Å². The first kappa shape index (κ1) is 15.5. The second-order valence-corrected chi connectivity index (χ2v) is 5.54. The Morgan fingerprint density at radius 2 is 1.71 bits per heavy atom. The second kappa shape index (κ2) is 6.70. The lowest BCUT2D eigenvalue weighted by Gasteiger charge is -2.18. The molecule has 1 amide bonds. The van der Waals surface area contributed by atoms with Crippen molar-refractivity contribution in [3.8, 4) is 0 Å². The highest BCUT2D eigenvalue weighted by Gasteiger charge is 2.13. The second-order valence-electron chi connectivity index (χ2n) is 4.69. The summed E-state index contributed by atoms with van der Waals surface area (Å²) in [5, 5.41) is 0.654. The van der Waals surface area contributed by atoms with Crippen LogP contribution in [0.3, 0.4) is 0 Å². The van der Waals surface area contributed by atoms with Gasteiger partial charge in [0.25, 0.3) is 5.91 Å². The summed E-state index contributed by atoms with van der Waals surface area (Å²) < 4.78 is 0. The van der Waals surface area contributed by atoms with Gasteiger partial charge in [0.15, 0.2) is 0 Å². The number of rotatable bonds is 4. The molecule has 0 atom stereocenters. The van der Waals surface area contributed by atoms with Crippen LogP contribution in [0.5, 0.6) is 0 Å². The molecule has 3 nitrogen and oxygen atoms in total. The first-order valence-corrected chi connectivity index (χ1v) is 7.16. The molecule has 0 unspecified atom stereocenters. The Morgan fingerprint density at radius 1 is 1.14 bits per heavy atom. The van der Waals surface area contributed by atoms with E-state index in [-0.39, 0.29) is 5.91 Å². The van der Waals surface area contributed by atoms with E-state index in [1.807, 2.05) is 24.3 Å². The molecule has 0 aliphatic carbocycles. The van der Waals surface area contributed by atoms with Gasteiger partial charge in [0, 0.05) is 29.7 Å². The molecule has 2 aromatic rings. The highest BCUT2D eigenvalue weighted by molar-refractivity contribution is 7.80. The molecule has 2 aromatic carbocycles. The maximum Gasteiger partial charge on any atom is 0.253 e. The summed E-state index contributed by atoms with van der Waals surface area (Å²) in [5.74, 6) is -0.0793. The Morgan fingerprint density at radius 3 is 2.29 bits per heavy atom. The summed E-state index contributed by atoms with van der Waals surface area (Å²) >= 11 is 11.0. The molecule has 0 aliphatic rings. The van der Waals surface area contributed by atoms with E-state index < -0.39 is 0 Å². The lowest BCUT2D eigenvalue weighted by molar-refractivity contribution is 0.0785. The van der Waals surface area contributed by atoms with Crippen LogP contribution in [0.25, 0.3) is 0 Å². The van der Waals surface area contributed by atoms with Gasteiger partial charge in [0.1, 0.15) is 4.99 Å². The lowest BCUT2D eigenvalue weighted by Crippen LogP contribution is -2.26. The Bertz CT molecular complexity index is 670. The molecule has 0 heterocycles. The van der Waals surface area contributed by atoms with Crippen molar-refractivity contribution in [3.63, 3.8) is 0 Å². The van der Waals surface area contributed by atoms with Gasteiger partial charge in [-0.1, -0.05) is 54.2 Å². The van der Waals surface area contributed by atoms with Crippen LogP contribution >= 0.6 is 23.8 Å². The standard InChI is InChI=1S/C16H15ClN2OS/c1-19(10-13-4-2-3-5-14(13)17)16(20)12-8-6-11(7-9-12)15(18)21/h2-9H,10H2,1H3,(H2,18,21). The average molecular weight is 319 g/mol. The normalized spacial score (nSPS) is 10.2. The molecular weight excluding hydrogens is 304 g/mol. The van der Waals surface area contributed by atoms with Crippen molar-refractivity contribution in [1.29, 1.82) is 0 Å². The highest BCUT2D eigenvalue weighted by Crippen LogP contribution is 2.17. The number of amides is 1. The molecule has 2 rings (SSSR count). The van der Waals surface area contributed by atoms with E-state index in [2.05, 4.69) is 0 Å². The van der Waals surface area contributed by atoms with Crippen LogP contribution in [0.2, 0.25) is 5.02 Å². The van der Waals surface area contributed by atoms with Gasteiger partial charge < -0.3 is 10.6 Å². The first-order valence-electron chi connectivity index (χ1n) is 6.38. The number of nitrogens with two attached hydrogens (primary N) is 1. The number of thiocarbonyl (C=S) groups is 1. The Balaban J connectivity index is 2.12. The number of benzene rings is 2. The van der Waals surface area contributed by atoms with Gasteiger partial charge in [-0.05, 0) is 23.8 Å². The van der Waals surface area contributed by atoms with E-state index in [4.69, 9.17) is 29.6 Å². The number of carbonyl (C=O) groups is 1. The molecule has 0 saturated heterocycles. The van der Waals surface area contributed by atoms with Crippen LogP contribution in [-0.2, 0) is 6.54 Å². The van der Waals surface area contributed by atoms with E-state index in [0.717, 1.165) is 11.1 Å². The molecule has 21 heavy (non-hydrogen) atoms. The van der Waals surface area contributed by atoms with Gasteiger partial charge in [0.2, 0.25) is 0 Å². The third kappa shape index (κ3) is 3.80. The molecule has 2 N–H and O–H groups in total. The number of halogens is 1. The quantitative estimate of drug-likeness (QED) is 0.880. The smallest absolute Gasteiger partial charge is 0.253 e. The Labute approximate surface area is 134 Å². The van der Waals surface area contributed by atoms with Gasteiger partial charge in [-0.2, -0.15) is 0 Å². The van der Waals surface area contributed by atoms with Crippen molar-refractivity contribution in [3.05, 3.63) is 70.2 Å². The van der Waals surface area contributed by atoms with E-state index in [1.165, 1.54) is 0 Å². The molecule has 0 radical (unpaired) electrons. The summed E-state index contributed by atoms with van der Waals surface area (Å²) in [6.45, 7) is 0.454. The van der Waals surface area contributed by atoms with Crippen LogP contribution in [0.4, 0.5) is 0 Å². The van der Waals surface area contributed by atoms with Gasteiger partial charge >= 0.3 is 0 Å². The zero-order valence-electron chi connectivity index (χ0n) is 11.5. The largest absolute Gasteiger partial charge is 0.389 e. The molecule has 0 aliphatic heterocycles. The molecular formula is C16H15ClN2OS. The molecule has 0 bridgehead atoms. The van der Waals surface area contributed by atoms with Gasteiger partial charge in [-0.25, -0.2) is 0 Å². The van der Waals surface area contributed by atoms with Gasteiger partial charge in [0.05, 0.1) is 0 Å². The van der Waals surface area contributed by atoms with E-state index in [1.54, 1.807) is 36.2 Å². The summed E-state index contributed by atoms with van der Waals surface area (Å²) in [7, 11) is 1.74. The monoisotopic (exact) mass is 318 g/mol. The third-order valence-corrected chi connectivity index (χ3v) is 3.73. The minimum absolute atomic E-state index is 0.0793. The Kier molecular flexibility index (Phi) is 4.94. The SMILES string of the molecule is CN(Cc1ccccc1Cl)C(=O)c1ccc(C(N)=S)cc1. The van der Waals surface area contributed by atoms with Crippen molar-refractivity contribution in [2.45, 2.75) is 6.54 Å². The highest BCUT2D eigenvalue weighted by atomic mass is 35.5. The maximum absolute atomic E-state index is 12.4. The van der Waals surface area contributed by atoms with E-state index in [9.17, 15) is 4.79 Å². The van der Waals surface area contributed by atoms with Gasteiger partial charge in [-0.15, -0.1) is 0 Å². The predicted octanol–water partition coefficient (Wildman–Crippen LogP) is 3.25. The molecule has 0 saturated carbocycles.